The molecule has 2 N–H and O–H groups in total. The molecule has 0 aliphatic rings. The SMILES string of the molecule is Cn1cc2cc(-c3ncc4c(=O)[nH]ccc4n3)c(O)c(F)c2n1. The Kier molecular flexibility index (Phi) is 2.68. The number of benzene rings is 1. The van der Waals surface area contributed by atoms with Gasteiger partial charge in [-0.15, -0.1) is 0 Å². The molecule has 0 spiro atoms. The lowest BCUT2D eigenvalue weighted by atomic mass is 10.1. The van der Waals surface area contributed by atoms with Crippen molar-refractivity contribution in [1.82, 2.24) is 24.7 Å². The predicted octanol–water partition coefficient (Wildman–Crippen LogP) is 1.72. The van der Waals surface area contributed by atoms with Crippen molar-refractivity contribution < 1.29 is 9.50 Å². The van der Waals surface area contributed by atoms with Gasteiger partial charge in [-0.1, -0.05) is 0 Å². The fourth-order valence-corrected chi connectivity index (χ4v) is 2.51. The molecule has 3 aromatic heterocycles. The summed E-state index contributed by atoms with van der Waals surface area (Å²) in [6.45, 7) is 0. The molecule has 114 valence electrons. The number of rotatable bonds is 1. The summed E-state index contributed by atoms with van der Waals surface area (Å²) in [6.07, 6.45) is 4.45. The summed E-state index contributed by atoms with van der Waals surface area (Å²) in [5, 5.41) is 14.9. The first-order valence-corrected chi connectivity index (χ1v) is 6.74. The lowest BCUT2D eigenvalue weighted by Crippen LogP contribution is -2.06. The Labute approximate surface area is 128 Å². The molecule has 4 rings (SSSR count). The Morgan fingerprint density at radius 2 is 2.22 bits per heavy atom. The number of nitrogens with zero attached hydrogens (tertiary/aromatic N) is 4. The summed E-state index contributed by atoms with van der Waals surface area (Å²) in [6, 6.07) is 3.17. The zero-order chi connectivity index (χ0) is 16.1. The number of nitrogens with one attached hydrogen (secondary N) is 1. The largest absolute Gasteiger partial charge is 0.504 e. The van der Waals surface area contributed by atoms with E-state index < -0.39 is 11.6 Å². The van der Waals surface area contributed by atoms with Gasteiger partial charge in [0.1, 0.15) is 5.52 Å². The molecule has 3 heterocycles. The summed E-state index contributed by atoms with van der Waals surface area (Å²) in [7, 11) is 1.66. The van der Waals surface area contributed by atoms with Crippen LogP contribution in [0.4, 0.5) is 4.39 Å². The number of hydrogen-bond acceptors (Lipinski definition) is 5. The minimum absolute atomic E-state index is 0.0750. The molecule has 0 unspecified atom stereocenters. The maximum Gasteiger partial charge on any atom is 0.258 e. The minimum atomic E-state index is -0.826. The van der Waals surface area contributed by atoms with Gasteiger partial charge in [0.15, 0.2) is 17.4 Å². The van der Waals surface area contributed by atoms with Gasteiger partial charge >= 0.3 is 0 Å². The average molecular weight is 311 g/mol. The summed E-state index contributed by atoms with van der Waals surface area (Å²) in [5.74, 6) is -1.27. The second-order valence-corrected chi connectivity index (χ2v) is 5.13. The number of phenolic OH excluding ortho intramolecular Hbond substituents is 1. The van der Waals surface area contributed by atoms with Gasteiger partial charge in [-0.25, -0.2) is 14.4 Å². The van der Waals surface area contributed by atoms with Crippen molar-refractivity contribution in [2.75, 3.05) is 0 Å². The van der Waals surface area contributed by atoms with E-state index >= 15 is 0 Å². The van der Waals surface area contributed by atoms with Crippen LogP contribution in [0.15, 0.2) is 35.5 Å². The number of aromatic hydroxyl groups is 1. The van der Waals surface area contributed by atoms with Crippen molar-refractivity contribution in [2.45, 2.75) is 0 Å². The van der Waals surface area contributed by atoms with Gasteiger partial charge in [-0.3, -0.25) is 9.48 Å². The summed E-state index contributed by atoms with van der Waals surface area (Å²) in [5.41, 5.74) is 0.313. The molecule has 7 nitrogen and oxygen atoms in total. The summed E-state index contributed by atoms with van der Waals surface area (Å²) in [4.78, 5) is 22.5. The molecule has 0 saturated heterocycles. The number of fused-ring (bicyclic) bond motifs is 2. The molecule has 0 bridgehead atoms. The standard InChI is InChI=1S/C15H10FN5O2/c1-21-6-7-4-8(13(22)11(16)12(7)20-21)14-18-5-9-10(19-14)2-3-17-15(9)23/h2-6,22H,1H3,(H,17,23). The first kappa shape index (κ1) is 13.4. The van der Waals surface area contributed by atoms with E-state index in [1.807, 2.05) is 0 Å². The van der Waals surface area contributed by atoms with Crippen molar-refractivity contribution in [3.8, 4) is 17.1 Å². The number of phenols is 1. The third kappa shape index (κ3) is 1.95. The second kappa shape index (κ2) is 4.60. The van der Waals surface area contributed by atoms with Crippen LogP contribution in [-0.2, 0) is 7.05 Å². The predicted molar refractivity (Wildman–Crippen MR) is 81.5 cm³/mol. The van der Waals surface area contributed by atoms with Gasteiger partial charge in [0.05, 0.1) is 16.5 Å². The van der Waals surface area contributed by atoms with Gasteiger partial charge in [-0.05, 0) is 12.1 Å². The van der Waals surface area contributed by atoms with E-state index in [1.165, 1.54) is 17.1 Å². The number of aromatic amines is 1. The smallest absolute Gasteiger partial charge is 0.258 e. The van der Waals surface area contributed by atoms with E-state index in [9.17, 15) is 14.3 Å². The van der Waals surface area contributed by atoms with Crippen molar-refractivity contribution in [3.63, 3.8) is 0 Å². The minimum Gasteiger partial charge on any atom is -0.504 e. The van der Waals surface area contributed by atoms with Crippen LogP contribution in [0.25, 0.3) is 33.2 Å². The van der Waals surface area contributed by atoms with Crippen LogP contribution in [0, 0.1) is 5.82 Å². The third-order valence-electron chi connectivity index (χ3n) is 3.59. The number of H-pyrrole nitrogens is 1. The van der Waals surface area contributed by atoms with Gasteiger partial charge in [0.2, 0.25) is 0 Å². The van der Waals surface area contributed by atoms with Gasteiger partial charge in [0, 0.05) is 31.0 Å². The van der Waals surface area contributed by atoms with E-state index in [0.717, 1.165) is 0 Å². The number of halogens is 1. The molecule has 0 aliphatic heterocycles. The maximum absolute atomic E-state index is 14.3. The first-order chi connectivity index (χ1) is 11.0. The van der Waals surface area contributed by atoms with E-state index in [1.54, 1.807) is 25.4 Å². The normalized spacial score (nSPS) is 11.4. The van der Waals surface area contributed by atoms with Crippen molar-refractivity contribution >= 4 is 21.8 Å². The Morgan fingerprint density at radius 3 is 3.04 bits per heavy atom. The Balaban J connectivity index is 2.02. The number of aromatic nitrogens is 5. The highest BCUT2D eigenvalue weighted by atomic mass is 19.1. The summed E-state index contributed by atoms with van der Waals surface area (Å²) < 4.78 is 15.8. The number of pyridine rings is 1. The molecule has 0 atom stereocenters. The molecule has 0 radical (unpaired) electrons. The topological polar surface area (TPSA) is 96.7 Å². The molecule has 8 heteroatoms. The lowest BCUT2D eigenvalue weighted by Gasteiger charge is -2.05. The van der Waals surface area contributed by atoms with E-state index in [4.69, 9.17) is 0 Å². The number of hydrogen-bond donors (Lipinski definition) is 2. The van der Waals surface area contributed by atoms with Crippen molar-refractivity contribution in [2.24, 2.45) is 7.05 Å². The van der Waals surface area contributed by atoms with Crippen LogP contribution in [-0.4, -0.2) is 29.8 Å². The van der Waals surface area contributed by atoms with E-state index in [2.05, 4.69) is 20.1 Å². The second-order valence-electron chi connectivity index (χ2n) is 5.13. The first-order valence-electron chi connectivity index (χ1n) is 6.74. The monoisotopic (exact) mass is 311 g/mol. The highest BCUT2D eigenvalue weighted by Crippen LogP contribution is 2.34. The lowest BCUT2D eigenvalue weighted by molar-refractivity contribution is 0.437. The van der Waals surface area contributed by atoms with Crippen LogP contribution in [0.1, 0.15) is 0 Å². The third-order valence-corrected chi connectivity index (χ3v) is 3.59. The highest BCUT2D eigenvalue weighted by Gasteiger charge is 2.18. The Bertz CT molecular complexity index is 1130. The van der Waals surface area contributed by atoms with Gasteiger partial charge in [-0.2, -0.15) is 5.10 Å². The van der Waals surface area contributed by atoms with Crippen LogP contribution < -0.4 is 5.56 Å². The zero-order valence-electron chi connectivity index (χ0n) is 11.9. The number of aryl methyl sites for hydroxylation is 1. The highest BCUT2D eigenvalue weighted by molar-refractivity contribution is 5.88. The van der Waals surface area contributed by atoms with Crippen LogP contribution in [0.5, 0.6) is 5.75 Å². The quantitative estimate of drug-likeness (QED) is 0.558. The van der Waals surface area contributed by atoms with E-state index in [-0.39, 0.29) is 22.5 Å². The van der Waals surface area contributed by atoms with Gasteiger partial charge < -0.3 is 10.1 Å². The Hall–Kier alpha value is -3.29. The molecule has 4 aromatic rings. The van der Waals surface area contributed by atoms with Crippen molar-refractivity contribution in [3.05, 3.63) is 46.9 Å². The summed E-state index contributed by atoms with van der Waals surface area (Å²) >= 11 is 0. The zero-order valence-corrected chi connectivity index (χ0v) is 11.9. The van der Waals surface area contributed by atoms with Crippen molar-refractivity contribution in [1.29, 1.82) is 0 Å². The fraction of sp³-hybridized carbons (Fsp3) is 0.0667. The molecule has 0 amide bonds. The molecule has 23 heavy (non-hydrogen) atoms. The molecule has 1 aromatic carbocycles. The average Bonchev–Trinajstić information content (AvgIpc) is 2.91. The molecule has 0 aliphatic carbocycles. The molecular formula is C15H10FN5O2. The van der Waals surface area contributed by atoms with E-state index in [0.29, 0.717) is 16.3 Å². The Morgan fingerprint density at radius 1 is 1.39 bits per heavy atom. The molecule has 0 fully saturated rings. The van der Waals surface area contributed by atoms with Crippen LogP contribution in [0.2, 0.25) is 0 Å². The molecular weight excluding hydrogens is 301 g/mol. The van der Waals surface area contributed by atoms with Crippen LogP contribution in [0.3, 0.4) is 0 Å². The fourth-order valence-electron chi connectivity index (χ4n) is 2.51. The van der Waals surface area contributed by atoms with Crippen LogP contribution >= 0.6 is 0 Å². The molecule has 0 saturated carbocycles. The van der Waals surface area contributed by atoms with Gasteiger partial charge in [0.25, 0.3) is 5.56 Å². The maximum atomic E-state index is 14.3.